The monoisotopic (exact) mass is 277 g/mol. The van der Waals surface area contributed by atoms with Gasteiger partial charge in [-0.2, -0.15) is 0 Å². The Morgan fingerprint density at radius 1 is 1.40 bits per heavy atom. The van der Waals surface area contributed by atoms with Gasteiger partial charge < -0.3 is 10.6 Å². The molecule has 1 aliphatic carbocycles. The SMILES string of the molecule is Cc1c(C(=O)NCCCNC2CC2)cccc1[N+](=O)[O-]. The highest BCUT2D eigenvalue weighted by Crippen LogP contribution is 2.21. The molecule has 0 bridgehead atoms. The molecule has 1 aliphatic rings. The highest BCUT2D eigenvalue weighted by atomic mass is 16.6. The first-order chi connectivity index (χ1) is 9.59. The van der Waals surface area contributed by atoms with Gasteiger partial charge in [0.15, 0.2) is 0 Å². The van der Waals surface area contributed by atoms with E-state index in [0.29, 0.717) is 23.7 Å². The van der Waals surface area contributed by atoms with Crippen LogP contribution in [0.5, 0.6) is 0 Å². The Labute approximate surface area is 117 Å². The Hall–Kier alpha value is -1.95. The normalized spacial score (nSPS) is 14.1. The van der Waals surface area contributed by atoms with Crippen molar-refractivity contribution in [2.24, 2.45) is 0 Å². The van der Waals surface area contributed by atoms with Crippen molar-refractivity contribution in [2.75, 3.05) is 13.1 Å². The Morgan fingerprint density at radius 3 is 2.80 bits per heavy atom. The van der Waals surface area contributed by atoms with Crippen LogP contribution in [0.1, 0.15) is 35.2 Å². The van der Waals surface area contributed by atoms with Crippen LogP contribution in [0.2, 0.25) is 0 Å². The Balaban J connectivity index is 1.84. The predicted octanol–water partition coefficient (Wildman–Crippen LogP) is 1.78. The van der Waals surface area contributed by atoms with E-state index in [-0.39, 0.29) is 11.6 Å². The highest BCUT2D eigenvalue weighted by Gasteiger charge is 2.20. The molecule has 2 N–H and O–H groups in total. The zero-order chi connectivity index (χ0) is 14.5. The van der Waals surface area contributed by atoms with E-state index in [1.54, 1.807) is 13.0 Å². The predicted molar refractivity (Wildman–Crippen MR) is 75.8 cm³/mol. The van der Waals surface area contributed by atoms with Gasteiger partial charge in [0.05, 0.1) is 4.92 Å². The summed E-state index contributed by atoms with van der Waals surface area (Å²) in [5.74, 6) is -0.252. The quantitative estimate of drug-likeness (QED) is 0.452. The van der Waals surface area contributed by atoms with Crippen LogP contribution >= 0.6 is 0 Å². The third kappa shape index (κ3) is 3.77. The lowest BCUT2D eigenvalue weighted by Crippen LogP contribution is -2.28. The summed E-state index contributed by atoms with van der Waals surface area (Å²) in [6, 6.07) is 5.23. The molecule has 0 atom stereocenters. The molecular formula is C14H19N3O3. The highest BCUT2D eigenvalue weighted by molar-refractivity contribution is 5.96. The second kappa shape index (κ2) is 6.47. The van der Waals surface area contributed by atoms with E-state index in [1.807, 2.05) is 0 Å². The van der Waals surface area contributed by atoms with Crippen LogP contribution in [0.25, 0.3) is 0 Å². The lowest BCUT2D eigenvalue weighted by atomic mass is 10.1. The number of hydrogen-bond donors (Lipinski definition) is 2. The molecule has 6 heteroatoms. The van der Waals surface area contributed by atoms with Crippen LogP contribution in [-0.4, -0.2) is 30.0 Å². The Bertz CT molecular complexity index is 512. The summed E-state index contributed by atoms with van der Waals surface area (Å²) in [6.45, 7) is 3.06. The molecule has 1 fully saturated rings. The molecule has 6 nitrogen and oxygen atoms in total. The lowest BCUT2D eigenvalue weighted by Gasteiger charge is -2.08. The minimum Gasteiger partial charge on any atom is -0.352 e. The number of nitro groups is 1. The molecule has 0 spiro atoms. The van der Waals surface area contributed by atoms with E-state index < -0.39 is 4.92 Å². The van der Waals surface area contributed by atoms with E-state index in [1.165, 1.54) is 25.0 Å². The number of amides is 1. The van der Waals surface area contributed by atoms with Gasteiger partial charge in [-0.1, -0.05) is 6.07 Å². The van der Waals surface area contributed by atoms with Crippen LogP contribution in [0.4, 0.5) is 5.69 Å². The molecule has 1 saturated carbocycles. The number of nitrogens with zero attached hydrogens (tertiary/aromatic N) is 1. The number of nitrogens with one attached hydrogen (secondary N) is 2. The largest absolute Gasteiger partial charge is 0.352 e. The van der Waals surface area contributed by atoms with Gasteiger partial charge in [-0.3, -0.25) is 14.9 Å². The number of nitro benzene ring substituents is 1. The fraction of sp³-hybridized carbons (Fsp3) is 0.500. The van der Waals surface area contributed by atoms with E-state index >= 15 is 0 Å². The standard InChI is InChI=1S/C14H19N3O3/c1-10-12(4-2-5-13(10)17(19)20)14(18)16-9-3-8-15-11-6-7-11/h2,4-5,11,15H,3,6-9H2,1H3,(H,16,18). The van der Waals surface area contributed by atoms with Gasteiger partial charge in [0.25, 0.3) is 11.6 Å². The summed E-state index contributed by atoms with van der Waals surface area (Å²) in [7, 11) is 0. The average Bonchev–Trinajstić information content (AvgIpc) is 3.22. The third-order valence-corrected chi connectivity index (χ3v) is 3.40. The molecule has 0 unspecified atom stereocenters. The van der Waals surface area contributed by atoms with E-state index in [0.717, 1.165) is 13.0 Å². The molecule has 2 rings (SSSR count). The smallest absolute Gasteiger partial charge is 0.273 e. The first-order valence-electron chi connectivity index (χ1n) is 6.85. The average molecular weight is 277 g/mol. The number of hydrogen-bond acceptors (Lipinski definition) is 4. The van der Waals surface area contributed by atoms with Crippen LogP contribution in [-0.2, 0) is 0 Å². The second-order valence-electron chi connectivity index (χ2n) is 5.04. The first kappa shape index (κ1) is 14.5. The van der Waals surface area contributed by atoms with Gasteiger partial charge in [-0.05, 0) is 38.8 Å². The van der Waals surface area contributed by atoms with Crippen LogP contribution < -0.4 is 10.6 Å². The molecule has 0 radical (unpaired) electrons. The maximum Gasteiger partial charge on any atom is 0.273 e. The van der Waals surface area contributed by atoms with E-state index in [2.05, 4.69) is 10.6 Å². The molecule has 0 aliphatic heterocycles. The minimum absolute atomic E-state index is 0.0203. The molecule has 20 heavy (non-hydrogen) atoms. The van der Waals surface area contributed by atoms with Crippen molar-refractivity contribution in [3.63, 3.8) is 0 Å². The molecule has 1 aromatic rings. The van der Waals surface area contributed by atoms with Crippen LogP contribution in [0.15, 0.2) is 18.2 Å². The summed E-state index contributed by atoms with van der Waals surface area (Å²) in [4.78, 5) is 22.4. The van der Waals surface area contributed by atoms with Crippen molar-refractivity contribution in [2.45, 2.75) is 32.2 Å². The number of carbonyl (C=O) groups excluding carboxylic acids is 1. The summed E-state index contributed by atoms with van der Waals surface area (Å²) in [5, 5.41) is 17.0. The maximum atomic E-state index is 12.0. The molecule has 0 heterocycles. The molecule has 0 saturated heterocycles. The van der Waals surface area contributed by atoms with Gasteiger partial charge in [0.2, 0.25) is 0 Å². The number of benzene rings is 1. The topological polar surface area (TPSA) is 84.3 Å². The molecular weight excluding hydrogens is 258 g/mol. The fourth-order valence-electron chi connectivity index (χ4n) is 2.05. The van der Waals surface area contributed by atoms with Crippen molar-refractivity contribution in [1.82, 2.24) is 10.6 Å². The van der Waals surface area contributed by atoms with Crippen molar-refractivity contribution in [3.8, 4) is 0 Å². The third-order valence-electron chi connectivity index (χ3n) is 3.40. The maximum absolute atomic E-state index is 12.0. The van der Waals surface area contributed by atoms with Gasteiger partial charge in [0.1, 0.15) is 0 Å². The van der Waals surface area contributed by atoms with Gasteiger partial charge in [-0.15, -0.1) is 0 Å². The molecule has 1 amide bonds. The van der Waals surface area contributed by atoms with Crippen molar-refractivity contribution in [1.29, 1.82) is 0 Å². The summed E-state index contributed by atoms with van der Waals surface area (Å²) in [5.41, 5.74) is 0.758. The first-order valence-corrected chi connectivity index (χ1v) is 6.85. The molecule has 108 valence electrons. The fourth-order valence-corrected chi connectivity index (χ4v) is 2.05. The van der Waals surface area contributed by atoms with Gasteiger partial charge >= 0.3 is 0 Å². The Kier molecular flexibility index (Phi) is 4.68. The lowest BCUT2D eigenvalue weighted by molar-refractivity contribution is -0.385. The van der Waals surface area contributed by atoms with Crippen molar-refractivity contribution in [3.05, 3.63) is 39.4 Å². The minimum atomic E-state index is -0.467. The number of rotatable bonds is 7. The number of carbonyl (C=O) groups is 1. The summed E-state index contributed by atoms with van der Waals surface area (Å²) in [6.07, 6.45) is 3.36. The molecule has 1 aromatic carbocycles. The van der Waals surface area contributed by atoms with Gasteiger partial charge in [-0.25, -0.2) is 0 Å². The summed E-state index contributed by atoms with van der Waals surface area (Å²) >= 11 is 0. The van der Waals surface area contributed by atoms with Crippen LogP contribution in [0, 0.1) is 17.0 Å². The van der Waals surface area contributed by atoms with Crippen molar-refractivity contribution < 1.29 is 9.72 Å². The Morgan fingerprint density at radius 2 is 2.15 bits per heavy atom. The van der Waals surface area contributed by atoms with Crippen molar-refractivity contribution >= 4 is 11.6 Å². The molecule has 0 aromatic heterocycles. The zero-order valence-corrected chi connectivity index (χ0v) is 11.5. The second-order valence-corrected chi connectivity index (χ2v) is 5.04. The van der Waals surface area contributed by atoms with Crippen LogP contribution in [0.3, 0.4) is 0 Å². The summed E-state index contributed by atoms with van der Waals surface area (Å²) < 4.78 is 0. The van der Waals surface area contributed by atoms with E-state index in [9.17, 15) is 14.9 Å². The van der Waals surface area contributed by atoms with Gasteiger partial charge in [0, 0.05) is 29.8 Å². The van der Waals surface area contributed by atoms with E-state index in [4.69, 9.17) is 0 Å². The zero-order valence-electron chi connectivity index (χ0n) is 11.5.